The first-order valence-corrected chi connectivity index (χ1v) is 17.8. The van der Waals surface area contributed by atoms with Gasteiger partial charge in [-0.25, -0.2) is 4.79 Å². The third-order valence-electron chi connectivity index (χ3n) is 10.9. The molecule has 0 unspecified atom stereocenters. The highest BCUT2D eigenvalue weighted by molar-refractivity contribution is 6.20. The van der Waals surface area contributed by atoms with E-state index in [1.807, 2.05) is 58.9 Å². The molecule has 10 nitrogen and oxygen atoms in total. The highest BCUT2D eigenvalue weighted by atomic mass is 16.5. The number of H-pyrrole nitrogens is 2. The molecule has 0 saturated carbocycles. The number of aliphatic hydroxyl groups excluding tert-OH is 1. The largest absolute Gasteiger partial charge is 0.513 e. The third-order valence-corrected chi connectivity index (χ3v) is 10.9. The predicted octanol–water partition coefficient (Wildman–Crippen LogP) is 6.33. The summed E-state index contributed by atoms with van der Waals surface area (Å²) in [5.41, 5.74) is 9.72. The molecule has 5 rings (SSSR count). The number of carbonyl (C=O) groups excluding carboxylic acids is 3. The highest BCUT2D eigenvalue weighted by Gasteiger charge is 2.54. The summed E-state index contributed by atoms with van der Waals surface area (Å²) in [6.45, 7) is 22.2. The van der Waals surface area contributed by atoms with E-state index in [9.17, 15) is 19.5 Å². The number of esters is 3. The number of hydrogen-bond acceptors (Lipinski definition) is 8. The van der Waals surface area contributed by atoms with Crippen LogP contribution in [0.4, 0.5) is 0 Å². The highest BCUT2D eigenvalue weighted by Crippen LogP contribution is 2.52. The Balaban J connectivity index is 1.92. The number of aliphatic hydroxyl groups is 1. The number of aliphatic imine (C=N–C) groups is 1. The van der Waals surface area contributed by atoms with Crippen LogP contribution in [0.25, 0.3) is 18.2 Å². The number of hydrogen-bond donors (Lipinski definition) is 3. The number of ether oxygens (including phenoxy) is 3. The summed E-state index contributed by atoms with van der Waals surface area (Å²) in [6.07, 6.45) is 14.5. The van der Waals surface area contributed by atoms with Crippen molar-refractivity contribution in [1.82, 2.24) is 9.97 Å². The van der Waals surface area contributed by atoms with Gasteiger partial charge in [0.05, 0.1) is 49.5 Å². The molecule has 2 atom stereocenters. The molecule has 3 aliphatic rings. The van der Waals surface area contributed by atoms with Crippen molar-refractivity contribution in [2.45, 2.75) is 60.3 Å². The Morgan fingerprint density at radius 1 is 0.889 bits per heavy atom. The first-order valence-electron chi connectivity index (χ1n) is 17.8. The molecule has 10 heteroatoms. The Kier molecular flexibility index (Phi) is 11.4. The number of allylic oxidation sites excluding steroid dienone is 10. The molecule has 4 heterocycles. The maximum Gasteiger partial charge on any atom is 0.334 e. The molecular formula is C44H49N3O7. The van der Waals surface area contributed by atoms with Gasteiger partial charge in [0.1, 0.15) is 5.92 Å². The lowest BCUT2D eigenvalue weighted by molar-refractivity contribution is -0.149. The molecule has 0 saturated heterocycles. The molecule has 0 amide bonds. The number of aromatic amines is 2. The number of methoxy groups -OCH3 is 3. The van der Waals surface area contributed by atoms with E-state index < -0.39 is 23.3 Å². The van der Waals surface area contributed by atoms with Crippen molar-refractivity contribution < 1.29 is 33.7 Å². The Morgan fingerprint density at radius 2 is 1.59 bits per heavy atom. The van der Waals surface area contributed by atoms with Gasteiger partial charge >= 0.3 is 17.9 Å². The number of rotatable bonds is 9. The molecule has 6 bridgehead atoms. The minimum absolute atomic E-state index is 0.0894. The van der Waals surface area contributed by atoms with Crippen molar-refractivity contribution in [3.8, 4) is 0 Å². The molecular weight excluding hydrogens is 682 g/mol. The van der Waals surface area contributed by atoms with E-state index in [0.717, 1.165) is 55.7 Å². The lowest BCUT2D eigenvalue weighted by Crippen LogP contribution is -2.44. The van der Waals surface area contributed by atoms with Crippen LogP contribution < -0.4 is 10.7 Å². The summed E-state index contributed by atoms with van der Waals surface area (Å²) in [5.74, 6) is -2.59. The van der Waals surface area contributed by atoms with Crippen LogP contribution in [-0.4, -0.2) is 60.0 Å². The van der Waals surface area contributed by atoms with Gasteiger partial charge in [-0.05, 0) is 122 Å². The van der Waals surface area contributed by atoms with Crippen molar-refractivity contribution >= 4 is 41.8 Å². The molecule has 2 aromatic heterocycles. The predicted molar refractivity (Wildman–Crippen MR) is 212 cm³/mol. The van der Waals surface area contributed by atoms with Crippen LogP contribution in [0.2, 0.25) is 0 Å². The van der Waals surface area contributed by atoms with Crippen molar-refractivity contribution in [2.75, 3.05) is 21.3 Å². The van der Waals surface area contributed by atoms with Crippen molar-refractivity contribution in [3.05, 3.63) is 133 Å². The quantitative estimate of drug-likeness (QED) is 0.156. The second-order valence-electron chi connectivity index (χ2n) is 14.0. The van der Waals surface area contributed by atoms with Gasteiger partial charge in [0.15, 0.2) is 0 Å². The molecule has 3 N–H and O–H groups in total. The molecule has 2 aliphatic heterocycles. The normalized spacial score (nSPS) is 24.0. The van der Waals surface area contributed by atoms with Gasteiger partial charge < -0.3 is 29.3 Å². The Labute approximate surface area is 316 Å². The van der Waals surface area contributed by atoms with E-state index in [1.165, 1.54) is 21.3 Å². The van der Waals surface area contributed by atoms with Crippen LogP contribution in [-0.2, 0) is 41.4 Å². The SMILES string of the molecule is C=CC1=C(\C)C(=C)/C=C2N=C(/C=c3\[nH]/c(c(CCC(=O)OC)c3C)=C\c3[nH]c(c(C)c3CCC(=C)O)\C=C\1C)[C@@]1(C)C\2=CC=C(C(=O)OC)[C@H]1C(=O)OC. The first-order chi connectivity index (χ1) is 25.6. The molecule has 0 spiro atoms. The fraction of sp³-hybridized carbons (Fsp3) is 0.318. The number of carbonyl (C=O) groups is 3. The summed E-state index contributed by atoms with van der Waals surface area (Å²) in [4.78, 5) is 51.7. The molecule has 0 fully saturated rings. The number of fused-ring (bicyclic) bond motifs is 8. The van der Waals surface area contributed by atoms with Gasteiger partial charge in [0.25, 0.3) is 0 Å². The van der Waals surface area contributed by atoms with Gasteiger partial charge in [-0.15, -0.1) is 0 Å². The van der Waals surface area contributed by atoms with E-state index in [1.54, 1.807) is 12.2 Å². The van der Waals surface area contributed by atoms with Gasteiger partial charge in [0.2, 0.25) is 0 Å². The van der Waals surface area contributed by atoms with E-state index in [-0.39, 0.29) is 23.7 Å². The van der Waals surface area contributed by atoms with Crippen molar-refractivity contribution in [2.24, 2.45) is 16.3 Å². The Bertz CT molecular complexity index is 2310. The summed E-state index contributed by atoms with van der Waals surface area (Å²) >= 11 is 0. The molecule has 54 heavy (non-hydrogen) atoms. The monoisotopic (exact) mass is 731 g/mol. The number of nitrogens with zero attached hydrogens (tertiary/aromatic N) is 1. The summed E-state index contributed by atoms with van der Waals surface area (Å²) in [6, 6.07) is 0. The summed E-state index contributed by atoms with van der Waals surface area (Å²) < 4.78 is 15.4. The van der Waals surface area contributed by atoms with E-state index in [4.69, 9.17) is 19.2 Å². The minimum Gasteiger partial charge on any atom is -0.513 e. The van der Waals surface area contributed by atoms with Crippen LogP contribution in [0, 0.1) is 25.2 Å². The third kappa shape index (κ3) is 7.08. The van der Waals surface area contributed by atoms with E-state index in [2.05, 4.69) is 35.8 Å². The average Bonchev–Trinajstić information content (AvgIpc) is 3.70. The summed E-state index contributed by atoms with van der Waals surface area (Å²) in [7, 11) is 3.93. The number of nitrogens with one attached hydrogen (secondary N) is 2. The molecule has 0 radical (unpaired) electrons. The molecule has 2 aromatic rings. The second-order valence-corrected chi connectivity index (χ2v) is 14.0. The zero-order chi connectivity index (χ0) is 39.6. The number of aromatic nitrogens is 2. The van der Waals surface area contributed by atoms with Crippen LogP contribution in [0.1, 0.15) is 67.3 Å². The molecule has 1 aliphatic carbocycles. The van der Waals surface area contributed by atoms with Crippen LogP contribution in [0.3, 0.4) is 0 Å². The Hall–Kier alpha value is -5.90. The smallest absolute Gasteiger partial charge is 0.334 e. The van der Waals surface area contributed by atoms with Crippen LogP contribution in [0.15, 0.2) is 93.9 Å². The van der Waals surface area contributed by atoms with Gasteiger partial charge in [-0.3, -0.25) is 14.6 Å². The average molecular weight is 732 g/mol. The maximum atomic E-state index is 13.7. The van der Waals surface area contributed by atoms with Gasteiger partial charge in [0, 0.05) is 34.9 Å². The molecule has 282 valence electrons. The van der Waals surface area contributed by atoms with Crippen molar-refractivity contribution in [1.29, 1.82) is 0 Å². The maximum absolute atomic E-state index is 13.7. The van der Waals surface area contributed by atoms with Crippen LogP contribution in [0.5, 0.6) is 0 Å². The zero-order valence-electron chi connectivity index (χ0n) is 32.4. The fourth-order valence-corrected chi connectivity index (χ4v) is 7.70. The summed E-state index contributed by atoms with van der Waals surface area (Å²) in [5, 5.41) is 11.5. The van der Waals surface area contributed by atoms with E-state index >= 15 is 0 Å². The van der Waals surface area contributed by atoms with Crippen LogP contribution >= 0.6 is 0 Å². The Morgan fingerprint density at radius 3 is 2.22 bits per heavy atom. The van der Waals surface area contributed by atoms with E-state index in [0.29, 0.717) is 47.2 Å². The van der Waals surface area contributed by atoms with Gasteiger partial charge in [-0.1, -0.05) is 38.0 Å². The lowest BCUT2D eigenvalue weighted by atomic mass is 9.63. The minimum atomic E-state index is -1.16. The zero-order valence-corrected chi connectivity index (χ0v) is 32.4. The topological polar surface area (TPSA) is 143 Å². The van der Waals surface area contributed by atoms with Crippen molar-refractivity contribution in [3.63, 3.8) is 0 Å². The second kappa shape index (κ2) is 15.6. The molecule has 0 aromatic carbocycles. The first kappa shape index (κ1) is 39.3. The fourth-order valence-electron chi connectivity index (χ4n) is 7.70. The lowest BCUT2D eigenvalue weighted by Gasteiger charge is -2.37. The van der Waals surface area contributed by atoms with Gasteiger partial charge in [-0.2, -0.15) is 0 Å². The standard InChI is InChI=1S/C44H49N3O7/c1-12-29-24(3)20-34-27(6)30(14-13-25(4)48)36(45-34)21-37-31(16-18-40(49)52-9)28(7)35(46-37)22-39-44(8)33(38(47-39)19-23(2)26(29)5)17-15-32(42(50)53-10)41(44)43(51)54-11/h12,15,17,19-22,41,45-46,48H,1-2,4,13-14,16,18H2,3,5-11H3/b24-20+,29-26-,35-22-,37-21-,38-19-/t41-,44+/m0/s1.